The van der Waals surface area contributed by atoms with E-state index in [9.17, 15) is 16.4 Å². The second-order valence-corrected chi connectivity index (χ2v) is 13.3. The van der Waals surface area contributed by atoms with Gasteiger partial charge in [-0.1, -0.05) is 182 Å². The average Bonchev–Trinajstić information content (AvgIpc) is 1.84. The second-order valence-electron chi connectivity index (χ2n) is 13.3. The third-order valence-corrected chi connectivity index (χ3v) is 10.9. The number of rotatable bonds is 3. The SMILES string of the molecule is [2H]c1cc(C2(c3c([2H])c([2H])c([2H])c([2H])c3[2H])c3c([2H])c([2H])c([2H])c([2H])c3Oc3c([2H])c([2H])c(-c4c([2H])c([2H])c5c(c4[2H])C4(c6ccccc6-c6cccc7cccc4c67)c4c([2H])c([2H])c([2H])c([2H])c4-5)c([2H])c32)c([2H])c([2H])c1[2H]. The lowest BCUT2D eigenvalue weighted by atomic mass is 9.61. The Hall–Kier alpha value is -6.96. The molecular formula is C54H34O. The van der Waals surface area contributed by atoms with E-state index in [4.69, 9.17) is 19.8 Å². The molecule has 9 aromatic rings. The minimum absolute atomic E-state index is 0.0575. The molecule has 2 unspecified atom stereocenters. The van der Waals surface area contributed by atoms with Crippen molar-refractivity contribution in [2.24, 2.45) is 0 Å². The van der Waals surface area contributed by atoms with E-state index in [2.05, 4.69) is 0 Å². The van der Waals surface area contributed by atoms with Gasteiger partial charge in [0.1, 0.15) is 11.5 Å². The number of hydrogen-bond acceptors (Lipinski definition) is 1. The number of fused-ring (bicyclic) bond motifs is 11. The van der Waals surface area contributed by atoms with Crippen molar-refractivity contribution in [2.75, 3.05) is 0 Å². The first-order chi connectivity index (χ1) is 36.8. The lowest BCUT2D eigenvalue weighted by molar-refractivity contribution is 0.434. The van der Waals surface area contributed by atoms with Crippen LogP contribution in [0.25, 0.3) is 44.2 Å². The van der Waals surface area contributed by atoms with Gasteiger partial charge in [0.25, 0.3) is 0 Å². The summed E-state index contributed by atoms with van der Waals surface area (Å²) in [7, 11) is 0. The molecular weight excluding hydrogens is 665 g/mol. The van der Waals surface area contributed by atoms with Crippen molar-refractivity contribution < 1.29 is 36.3 Å². The van der Waals surface area contributed by atoms with Crippen molar-refractivity contribution in [3.05, 3.63) is 250 Å². The van der Waals surface area contributed by atoms with Crippen LogP contribution in [0.5, 0.6) is 11.5 Å². The fourth-order valence-electron chi connectivity index (χ4n) is 8.81. The van der Waals surface area contributed by atoms with Crippen molar-refractivity contribution >= 4 is 10.8 Å². The van der Waals surface area contributed by atoms with E-state index in [1.807, 2.05) is 24.3 Å². The molecule has 12 rings (SSSR count). The highest BCUT2D eigenvalue weighted by molar-refractivity contribution is 6.07. The zero-order chi connectivity index (χ0) is 56.2. The van der Waals surface area contributed by atoms with Crippen LogP contribution in [0.4, 0.5) is 0 Å². The Kier molecular flexibility index (Phi) is 3.24. The molecule has 55 heavy (non-hydrogen) atoms. The molecule has 256 valence electrons. The summed E-state index contributed by atoms with van der Waals surface area (Å²) in [5.74, 6) is -1.75. The maximum Gasteiger partial charge on any atom is 0.132 e. The first kappa shape index (κ1) is 15.8. The van der Waals surface area contributed by atoms with Gasteiger partial charge in [0.15, 0.2) is 0 Å². The van der Waals surface area contributed by atoms with Gasteiger partial charge in [-0.2, -0.15) is 0 Å². The summed E-state index contributed by atoms with van der Waals surface area (Å²) < 4.78 is 222. The summed E-state index contributed by atoms with van der Waals surface area (Å²) in [4.78, 5) is 0. The Morgan fingerprint density at radius 3 is 1.89 bits per heavy atom. The van der Waals surface area contributed by atoms with Crippen LogP contribution in [0.15, 0.2) is 206 Å². The van der Waals surface area contributed by atoms with Crippen LogP contribution >= 0.6 is 0 Å². The molecule has 9 aromatic carbocycles. The van der Waals surface area contributed by atoms with Gasteiger partial charge in [-0.3, -0.25) is 0 Å². The normalized spacial score (nSPS) is 24.0. The topological polar surface area (TPSA) is 9.23 Å². The quantitative estimate of drug-likeness (QED) is 0.176. The van der Waals surface area contributed by atoms with Crippen LogP contribution in [-0.4, -0.2) is 0 Å². The predicted molar refractivity (Wildman–Crippen MR) is 224 cm³/mol. The predicted octanol–water partition coefficient (Wildman–Crippen LogP) is 13.3. The molecule has 0 fully saturated rings. The van der Waals surface area contributed by atoms with Crippen molar-refractivity contribution in [1.82, 2.24) is 0 Å². The maximum atomic E-state index is 10.6. The van der Waals surface area contributed by atoms with Crippen molar-refractivity contribution in [3.8, 4) is 44.9 Å². The number of hydrogen-bond donors (Lipinski definition) is 0. The third kappa shape index (κ3) is 3.92. The van der Waals surface area contributed by atoms with E-state index >= 15 is 0 Å². The lowest BCUT2D eigenvalue weighted by Gasteiger charge is -2.41. The molecule has 0 saturated carbocycles. The van der Waals surface area contributed by atoms with Gasteiger partial charge < -0.3 is 4.74 Å². The Labute approximate surface area is 353 Å². The fraction of sp³-hybridized carbons (Fsp3) is 0.0370. The standard InChI is InChI=1S/C54H34O/c1-3-17-38(18-4-1)53(39-19-5-2-6-20-39)46-26-11-12-28-50(46)55-51-32-30-37(34-49(51)53)36-29-31-42-40-21-7-9-24-44(40)54(48(42)33-36)45-25-10-8-22-41(45)43-23-13-15-35-16-14-27-47(54)52(35)43/h1-34H/i1D,2D,3D,4D,5D,6D,7D,9D,11D,12D,17D,18D,19D,21D,24D,26D,28D,29D,30D,31D,32D,33D,34D. The molecule has 2 atom stereocenters. The molecule has 0 aromatic heterocycles. The monoisotopic (exact) mass is 721 g/mol. The van der Waals surface area contributed by atoms with Crippen LogP contribution in [0.2, 0.25) is 0 Å². The molecule has 1 heterocycles. The molecule has 0 N–H and O–H groups in total. The summed E-state index contributed by atoms with van der Waals surface area (Å²) in [6, 6.07) is -1.86. The van der Waals surface area contributed by atoms with Crippen LogP contribution in [0.3, 0.4) is 0 Å². The summed E-state index contributed by atoms with van der Waals surface area (Å²) >= 11 is 0. The molecule has 1 heteroatoms. The Morgan fingerprint density at radius 2 is 1.00 bits per heavy atom. The summed E-state index contributed by atoms with van der Waals surface area (Å²) in [5.41, 5.74) is -8.48. The number of benzene rings is 9. The van der Waals surface area contributed by atoms with Crippen molar-refractivity contribution in [3.63, 3.8) is 0 Å². The first-order valence-corrected chi connectivity index (χ1v) is 17.3. The molecule has 1 nitrogen and oxygen atoms in total. The molecule has 3 aliphatic rings. The van der Waals surface area contributed by atoms with E-state index in [1.54, 1.807) is 36.4 Å². The van der Waals surface area contributed by atoms with Crippen LogP contribution in [0.1, 0.15) is 76.0 Å². The summed E-state index contributed by atoms with van der Waals surface area (Å²) in [5, 5.41) is 1.31. The van der Waals surface area contributed by atoms with Crippen LogP contribution in [-0.2, 0) is 10.8 Å². The van der Waals surface area contributed by atoms with Gasteiger partial charge in [-0.25, -0.2) is 0 Å². The number of ether oxygens (including phenoxy) is 1. The number of para-hydroxylation sites is 1. The van der Waals surface area contributed by atoms with Crippen LogP contribution in [0, 0.1) is 0 Å². The smallest absolute Gasteiger partial charge is 0.132 e. The maximum absolute atomic E-state index is 10.6. The fourth-order valence-corrected chi connectivity index (χ4v) is 8.81. The van der Waals surface area contributed by atoms with Gasteiger partial charge in [-0.15, -0.1) is 0 Å². The minimum atomic E-state index is -3.13. The van der Waals surface area contributed by atoms with Crippen molar-refractivity contribution in [2.45, 2.75) is 10.8 Å². The highest BCUT2D eigenvalue weighted by Crippen LogP contribution is 2.62. The minimum Gasteiger partial charge on any atom is -0.457 e. The van der Waals surface area contributed by atoms with Gasteiger partial charge >= 0.3 is 0 Å². The van der Waals surface area contributed by atoms with E-state index < -0.39 is 195 Å². The highest BCUT2D eigenvalue weighted by atomic mass is 16.5. The van der Waals surface area contributed by atoms with Gasteiger partial charge in [-0.05, 0) is 102 Å². The first-order valence-electron chi connectivity index (χ1n) is 28.8. The average molecular weight is 722 g/mol. The molecule has 0 amide bonds. The zero-order valence-corrected chi connectivity index (χ0v) is 28.3. The summed E-state index contributed by atoms with van der Waals surface area (Å²) in [6.07, 6.45) is 0. The molecule has 1 aliphatic heterocycles. The largest absolute Gasteiger partial charge is 0.457 e. The Morgan fingerprint density at radius 1 is 0.364 bits per heavy atom. The van der Waals surface area contributed by atoms with E-state index in [0.29, 0.717) is 27.5 Å². The van der Waals surface area contributed by atoms with Gasteiger partial charge in [0.2, 0.25) is 0 Å². The van der Waals surface area contributed by atoms with Gasteiger partial charge in [0, 0.05) is 11.1 Å². The van der Waals surface area contributed by atoms with E-state index in [1.165, 1.54) is 0 Å². The zero-order valence-electron chi connectivity index (χ0n) is 51.3. The molecule has 0 radical (unpaired) electrons. The van der Waals surface area contributed by atoms with E-state index in [0.717, 1.165) is 11.6 Å². The molecule has 1 spiro atoms. The van der Waals surface area contributed by atoms with Gasteiger partial charge in [0.05, 0.1) is 42.4 Å². The molecule has 0 bridgehead atoms. The Bertz CT molecular complexity index is 4300. The highest BCUT2D eigenvalue weighted by Gasteiger charge is 2.50. The van der Waals surface area contributed by atoms with Crippen LogP contribution < -0.4 is 4.74 Å². The third-order valence-electron chi connectivity index (χ3n) is 10.9. The molecule has 0 saturated heterocycles. The van der Waals surface area contributed by atoms with Crippen molar-refractivity contribution in [1.29, 1.82) is 0 Å². The Balaban J connectivity index is 1.34. The second kappa shape index (κ2) is 11.3. The lowest BCUT2D eigenvalue weighted by Crippen LogP contribution is -2.34. The summed E-state index contributed by atoms with van der Waals surface area (Å²) in [6.45, 7) is 0. The van der Waals surface area contributed by atoms with E-state index in [-0.39, 0.29) is 22.3 Å². The molecule has 2 aliphatic carbocycles.